The Morgan fingerprint density at radius 2 is 1.03 bits per heavy atom. The number of amides is 1. The van der Waals surface area contributed by atoms with Crippen molar-refractivity contribution in [3.63, 3.8) is 0 Å². The molecule has 7 heterocycles. The van der Waals surface area contributed by atoms with Crippen molar-refractivity contribution in [3.8, 4) is 34.5 Å². The lowest BCUT2D eigenvalue weighted by molar-refractivity contribution is 0.0647. The van der Waals surface area contributed by atoms with Crippen molar-refractivity contribution in [2.24, 2.45) is 14.1 Å². The molecule has 2 bridgehead atoms. The number of sulfone groups is 2. The fourth-order valence-corrected chi connectivity index (χ4v) is 8.17. The molecule has 0 spiro atoms. The lowest BCUT2D eigenvalue weighted by Crippen LogP contribution is -2.55. The summed E-state index contributed by atoms with van der Waals surface area (Å²) < 4.78 is 98.9. The number of aliphatic hydroxyl groups excluding tert-OH is 2. The number of rotatable bonds is 17. The van der Waals surface area contributed by atoms with E-state index in [1.54, 1.807) is 60.9 Å². The molecule has 1 amide bonds. The van der Waals surface area contributed by atoms with Gasteiger partial charge in [-0.15, -0.1) is 0 Å². The maximum absolute atomic E-state index is 12.7. The lowest BCUT2D eigenvalue weighted by Gasteiger charge is -2.41. The number of pyridine rings is 2. The minimum absolute atomic E-state index is 0.0448. The van der Waals surface area contributed by atoms with Crippen LogP contribution < -0.4 is 30.0 Å². The number of nitrogens with two attached hydrogens (primary N) is 1. The van der Waals surface area contributed by atoms with Crippen LogP contribution in [0.1, 0.15) is 48.4 Å². The molecule has 0 unspecified atom stereocenters. The highest BCUT2D eigenvalue weighted by Gasteiger charge is 2.22. The molecule has 0 aliphatic carbocycles. The fraction of sp³-hybridized carbons (Fsp3) is 0.388. The van der Waals surface area contributed by atoms with Crippen molar-refractivity contribution in [3.05, 3.63) is 109 Å². The summed E-state index contributed by atoms with van der Waals surface area (Å²) in [5.74, 6) is 0.735. The number of hydrogen-bond donors (Lipinski definition) is 6. The summed E-state index contributed by atoms with van der Waals surface area (Å²) in [6, 6.07) is 17.7. The lowest BCUT2D eigenvalue weighted by atomic mass is 10.2. The summed E-state index contributed by atoms with van der Waals surface area (Å²) >= 11 is 0. The monoisotopic (exact) mass is 1150 g/mol. The molecule has 29 heteroatoms. The van der Waals surface area contributed by atoms with E-state index in [9.17, 15) is 45.1 Å². The second-order valence-electron chi connectivity index (χ2n) is 17.2. The molecule has 0 radical (unpaired) electrons. The van der Waals surface area contributed by atoms with Gasteiger partial charge in [0, 0.05) is 89.5 Å². The first-order valence-corrected chi connectivity index (χ1v) is 29.1. The zero-order chi connectivity index (χ0) is 57.8. The van der Waals surface area contributed by atoms with Gasteiger partial charge in [-0.3, -0.25) is 28.5 Å². The number of carboxylic acids is 1. The smallest absolute Gasteiger partial charge is 0.335 e. The second-order valence-corrected chi connectivity index (χ2v) is 23.2. The Bertz CT molecular complexity index is 3180. The number of aromatic nitrogens is 6. The third kappa shape index (κ3) is 22.0. The van der Waals surface area contributed by atoms with Gasteiger partial charge < -0.3 is 45.3 Å². The minimum atomic E-state index is -3.67. The number of nitrogen functional groups attached to an aromatic ring is 1. The number of nitrogens with zero attached hydrogens (tertiary/aromatic N) is 8. The molecule has 26 nitrogen and oxygen atoms in total. The number of anilines is 2. The molecule has 6 aromatic rings. The summed E-state index contributed by atoms with van der Waals surface area (Å²) in [6.07, 6.45) is 5.72. The van der Waals surface area contributed by atoms with Gasteiger partial charge in [0.2, 0.25) is 0 Å². The van der Waals surface area contributed by atoms with Crippen molar-refractivity contribution in [1.82, 2.24) is 39.3 Å². The van der Waals surface area contributed by atoms with Crippen LogP contribution in [0.5, 0.6) is 34.5 Å². The molecule has 2 aromatic carbocycles. The van der Waals surface area contributed by atoms with Crippen LogP contribution in [0.3, 0.4) is 0 Å². The number of piperazine rings is 3. The van der Waals surface area contributed by atoms with Crippen LogP contribution in [-0.2, 0) is 43.9 Å². The van der Waals surface area contributed by atoms with Gasteiger partial charge in [-0.1, -0.05) is 13.8 Å². The molecule has 9 rings (SSSR count). The van der Waals surface area contributed by atoms with Crippen LogP contribution in [0.15, 0.2) is 108 Å². The van der Waals surface area contributed by atoms with E-state index in [4.69, 9.17) is 34.3 Å². The van der Waals surface area contributed by atoms with E-state index in [2.05, 4.69) is 35.3 Å². The Labute approximate surface area is 452 Å². The molecule has 0 saturated carbocycles. The number of nitrogens with one attached hydrogen (secondary N) is 1. The summed E-state index contributed by atoms with van der Waals surface area (Å²) in [5, 5.41) is 38.1. The molecule has 2 atom stereocenters. The topological polar surface area (TPSA) is 360 Å². The third-order valence-electron chi connectivity index (χ3n) is 10.6. The Hall–Kier alpha value is -7.25. The number of carbonyl (C=O) groups excluding carboxylic acids is 1. The van der Waals surface area contributed by atoms with Crippen LogP contribution >= 0.6 is 0 Å². The van der Waals surface area contributed by atoms with Crippen molar-refractivity contribution in [2.45, 2.75) is 50.0 Å². The van der Waals surface area contributed by atoms with Gasteiger partial charge in [0.05, 0.1) is 48.9 Å². The summed E-state index contributed by atoms with van der Waals surface area (Å²) in [7, 11) is -6.95. The Morgan fingerprint density at radius 1 is 0.628 bits per heavy atom. The number of aliphatic hydroxyl groups is 2. The second kappa shape index (κ2) is 29.5. The highest BCUT2D eigenvalue weighted by atomic mass is 32.2. The quantitative estimate of drug-likeness (QED) is 0.0710. The zero-order valence-electron chi connectivity index (χ0n) is 44.0. The Kier molecular flexibility index (Phi) is 23.9. The van der Waals surface area contributed by atoms with Crippen molar-refractivity contribution in [2.75, 3.05) is 81.3 Å². The van der Waals surface area contributed by atoms with Crippen LogP contribution in [0, 0.1) is 0 Å². The van der Waals surface area contributed by atoms with E-state index < -0.39 is 53.9 Å². The maximum atomic E-state index is 12.7. The largest absolute Gasteiger partial charge is 0.488 e. The van der Waals surface area contributed by atoms with E-state index >= 15 is 0 Å². The van der Waals surface area contributed by atoms with Crippen LogP contribution in [-0.4, -0.2) is 179 Å². The van der Waals surface area contributed by atoms with Crippen LogP contribution in [0.25, 0.3) is 0 Å². The molecule has 4 aromatic heterocycles. The molecule has 78 heavy (non-hydrogen) atoms. The van der Waals surface area contributed by atoms with Crippen molar-refractivity contribution in [1.29, 1.82) is 0 Å². The SMILES string of the molecule is C1CN2CCN1CC2.CCS(=O)(=O)c1ccc(Oc2cc(O[C@@H](C)CO)cc(C(=O)Nc3ccn(C)n3)c2)cn1.CCS(=O)(=O)c1ccc(Oc2cc(O[C@@H](C)CO)cc(C(=O)O)c2)cn1.CS(=O)(=O)O.Cn1ccc(N)n1. The third-order valence-corrected chi connectivity index (χ3v) is 13.9. The fourth-order valence-electron chi connectivity index (χ4n) is 6.60. The van der Waals surface area contributed by atoms with Gasteiger partial charge in [0.15, 0.2) is 35.5 Å². The molecular weight excluding hydrogens is 1080 g/mol. The average molecular weight is 1150 g/mol. The normalized spacial score (nSPS) is 15.4. The predicted molar refractivity (Wildman–Crippen MR) is 287 cm³/mol. The summed E-state index contributed by atoms with van der Waals surface area (Å²) in [5.41, 5.74) is 5.43. The number of carboxylic acid groups (broad SMARTS) is 1. The number of ether oxygens (including phenoxy) is 4. The van der Waals surface area contributed by atoms with Gasteiger partial charge in [-0.05, 0) is 68.4 Å². The Morgan fingerprint density at radius 3 is 1.33 bits per heavy atom. The molecular formula is C49H66N10O16S3. The number of benzene rings is 2. The molecule has 7 N–H and O–H groups in total. The highest BCUT2D eigenvalue weighted by molar-refractivity contribution is 7.91. The van der Waals surface area contributed by atoms with Gasteiger partial charge >= 0.3 is 5.97 Å². The summed E-state index contributed by atoms with van der Waals surface area (Å²) in [6.45, 7) is 13.8. The molecule has 3 aliphatic rings. The van der Waals surface area contributed by atoms with Gasteiger partial charge in [0.1, 0.15) is 52.5 Å². The van der Waals surface area contributed by atoms with E-state index in [1.807, 2.05) is 7.05 Å². The first-order chi connectivity index (χ1) is 36.7. The molecule has 3 aliphatic heterocycles. The van der Waals surface area contributed by atoms with Crippen molar-refractivity contribution >= 4 is 53.3 Å². The predicted octanol–water partition coefficient (Wildman–Crippen LogP) is 3.66. The molecule has 426 valence electrons. The highest BCUT2D eigenvalue weighted by Crippen LogP contribution is 2.30. The van der Waals surface area contributed by atoms with E-state index in [1.165, 1.54) is 120 Å². The number of hydrogen-bond acceptors (Lipinski definition) is 21. The maximum Gasteiger partial charge on any atom is 0.335 e. The first-order valence-electron chi connectivity index (χ1n) is 23.9. The Balaban J connectivity index is 0.000000250. The first kappa shape index (κ1) is 63.3. The summed E-state index contributed by atoms with van der Waals surface area (Å²) in [4.78, 5) is 36.9. The van der Waals surface area contributed by atoms with Gasteiger partial charge in [0.25, 0.3) is 16.0 Å². The van der Waals surface area contributed by atoms with Gasteiger partial charge in [-0.25, -0.2) is 31.6 Å². The van der Waals surface area contributed by atoms with Crippen LogP contribution in [0.2, 0.25) is 0 Å². The van der Waals surface area contributed by atoms with E-state index in [0.717, 1.165) is 0 Å². The van der Waals surface area contributed by atoms with E-state index in [0.29, 0.717) is 23.6 Å². The number of aryl methyl sites for hydroxylation is 2. The molecule has 3 saturated heterocycles. The van der Waals surface area contributed by atoms with E-state index in [-0.39, 0.29) is 74.6 Å². The average Bonchev–Trinajstić information content (AvgIpc) is 4.02. The minimum Gasteiger partial charge on any atom is -0.488 e. The number of fused-ring (bicyclic) bond motifs is 3. The van der Waals surface area contributed by atoms with Crippen molar-refractivity contribution < 1.29 is 73.7 Å². The standard InChI is InChI=1S/C21H24N4O6S.C17H19NO7S.C6H12N2.C4H7N3.CH4O3S/c1-4-32(28,29)20-6-5-16(12-22-20)31-18-10-15(9-17(11-18)30-14(2)13-26)21(27)23-19-7-8-25(3)24-19;1-3-26(22,23)16-5-4-13(9-18-16)25-15-7-12(17(20)21)6-14(8-15)24-11(2)10-19;1-2-8-5-3-7(1)4-6-8;1-7-3-2-4(5)6-7;1-5(2,3)4/h5-12,14,26H,4,13H2,1-3H3,(H,23,24,27);4-9,11,19H,3,10H2,1-2H3,(H,20,21);1-6H2;2-3H,1H3,(H2,5,6);1H3,(H,2,3,4)/t14-;11-;;;/m00.../s1. The van der Waals surface area contributed by atoms with Gasteiger partial charge in [-0.2, -0.15) is 18.6 Å². The van der Waals surface area contributed by atoms with Crippen LogP contribution in [0.4, 0.5) is 11.6 Å². The number of aromatic carboxylic acids is 1. The number of carbonyl (C=O) groups is 2. The molecule has 3 fully saturated rings. The zero-order valence-corrected chi connectivity index (χ0v) is 46.5.